The standard InChI is InChI=1S/C15H20N4/c1-10-14(17-11(2)18-15(10)16-3)12-6-8-13(9-7-12)19(4)5/h6-9H,1-5H3,(H,16,17,18). The van der Waals surface area contributed by atoms with Crippen LogP contribution < -0.4 is 10.2 Å². The Kier molecular flexibility index (Phi) is 3.69. The molecule has 4 heteroatoms. The van der Waals surface area contributed by atoms with Gasteiger partial charge in [-0.2, -0.15) is 0 Å². The van der Waals surface area contributed by atoms with E-state index in [1.54, 1.807) is 0 Å². The van der Waals surface area contributed by atoms with Gasteiger partial charge in [0.25, 0.3) is 0 Å². The molecule has 0 aliphatic rings. The maximum absolute atomic E-state index is 4.56. The first-order valence-corrected chi connectivity index (χ1v) is 6.33. The number of aryl methyl sites for hydroxylation is 1. The summed E-state index contributed by atoms with van der Waals surface area (Å²) in [4.78, 5) is 11.0. The van der Waals surface area contributed by atoms with E-state index >= 15 is 0 Å². The van der Waals surface area contributed by atoms with Crippen LogP contribution in [0.3, 0.4) is 0 Å². The topological polar surface area (TPSA) is 41.1 Å². The molecule has 0 aliphatic carbocycles. The molecule has 1 heterocycles. The van der Waals surface area contributed by atoms with Gasteiger partial charge >= 0.3 is 0 Å². The molecule has 0 radical (unpaired) electrons. The molecule has 0 saturated carbocycles. The quantitative estimate of drug-likeness (QED) is 0.916. The molecule has 1 N–H and O–H groups in total. The van der Waals surface area contributed by atoms with Gasteiger partial charge in [-0.15, -0.1) is 0 Å². The second-order valence-electron chi connectivity index (χ2n) is 4.78. The summed E-state index contributed by atoms with van der Waals surface area (Å²) in [6.07, 6.45) is 0. The van der Waals surface area contributed by atoms with Crippen molar-refractivity contribution in [2.75, 3.05) is 31.4 Å². The zero-order chi connectivity index (χ0) is 14.0. The first-order chi connectivity index (χ1) is 9.02. The minimum Gasteiger partial charge on any atom is -0.378 e. The van der Waals surface area contributed by atoms with Crippen LogP contribution in [0, 0.1) is 13.8 Å². The van der Waals surface area contributed by atoms with E-state index < -0.39 is 0 Å². The molecule has 0 bridgehead atoms. The highest BCUT2D eigenvalue weighted by Crippen LogP contribution is 2.27. The Labute approximate surface area is 114 Å². The fraction of sp³-hybridized carbons (Fsp3) is 0.333. The van der Waals surface area contributed by atoms with E-state index in [2.05, 4.69) is 44.5 Å². The third-order valence-electron chi connectivity index (χ3n) is 3.15. The Morgan fingerprint density at radius 2 is 1.63 bits per heavy atom. The molecule has 19 heavy (non-hydrogen) atoms. The number of rotatable bonds is 3. The van der Waals surface area contributed by atoms with Gasteiger partial charge in [-0.3, -0.25) is 0 Å². The molecule has 1 aromatic carbocycles. The summed E-state index contributed by atoms with van der Waals surface area (Å²) < 4.78 is 0. The third kappa shape index (κ3) is 2.67. The maximum atomic E-state index is 4.56. The Hall–Kier alpha value is -2.10. The molecule has 0 saturated heterocycles. The van der Waals surface area contributed by atoms with Crippen LogP contribution in [0.25, 0.3) is 11.3 Å². The highest BCUT2D eigenvalue weighted by Gasteiger charge is 2.10. The smallest absolute Gasteiger partial charge is 0.132 e. The predicted molar refractivity (Wildman–Crippen MR) is 80.8 cm³/mol. The number of nitrogens with zero attached hydrogens (tertiary/aromatic N) is 3. The second kappa shape index (κ2) is 5.26. The highest BCUT2D eigenvalue weighted by atomic mass is 15.1. The fourth-order valence-corrected chi connectivity index (χ4v) is 2.07. The normalized spacial score (nSPS) is 10.4. The monoisotopic (exact) mass is 256 g/mol. The van der Waals surface area contributed by atoms with E-state index in [4.69, 9.17) is 0 Å². The average Bonchev–Trinajstić information content (AvgIpc) is 2.41. The molecule has 0 spiro atoms. The SMILES string of the molecule is CNc1nc(C)nc(-c2ccc(N(C)C)cc2)c1C. The van der Waals surface area contributed by atoms with E-state index in [0.29, 0.717) is 0 Å². The van der Waals surface area contributed by atoms with E-state index in [1.165, 1.54) is 5.69 Å². The lowest BCUT2D eigenvalue weighted by molar-refractivity contribution is 1.04. The average molecular weight is 256 g/mol. The lowest BCUT2D eigenvalue weighted by Crippen LogP contribution is -2.08. The number of aromatic nitrogens is 2. The molecular weight excluding hydrogens is 236 g/mol. The first kappa shape index (κ1) is 13.3. The van der Waals surface area contributed by atoms with Crippen molar-refractivity contribution in [1.29, 1.82) is 0 Å². The van der Waals surface area contributed by atoms with Gasteiger partial charge in [-0.05, 0) is 26.0 Å². The Morgan fingerprint density at radius 3 is 2.16 bits per heavy atom. The molecule has 2 rings (SSSR count). The number of nitrogens with one attached hydrogen (secondary N) is 1. The number of hydrogen-bond acceptors (Lipinski definition) is 4. The second-order valence-corrected chi connectivity index (χ2v) is 4.78. The summed E-state index contributed by atoms with van der Waals surface area (Å²) in [7, 11) is 5.95. The Bertz CT molecular complexity index is 573. The van der Waals surface area contributed by atoms with Crippen LogP contribution in [-0.2, 0) is 0 Å². The van der Waals surface area contributed by atoms with E-state index in [0.717, 1.165) is 28.5 Å². The van der Waals surface area contributed by atoms with Gasteiger partial charge in [0.15, 0.2) is 0 Å². The van der Waals surface area contributed by atoms with Crippen LogP contribution in [-0.4, -0.2) is 31.1 Å². The van der Waals surface area contributed by atoms with Crippen LogP contribution in [0.1, 0.15) is 11.4 Å². The van der Waals surface area contributed by atoms with Gasteiger partial charge in [-0.25, -0.2) is 9.97 Å². The van der Waals surface area contributed by atoms with E-state index in [1.807, 2.05) is 35.0 Å². The summed E-state index contributed by atoms with van der Waals surface area (Å²) in [5.41, 5.74) is 4.36. The number of hydrogen-bond donors (Lipinski definition) is 1. The fourth-order valence-electron chi connectivity index (χ4n) is 2.07. The number of anilines is 2. The third-order valence-corrected chi connectivity index (χ3v) is 3.15. The molecule has 2 aromatic rings. The summed E-state index contributed by atoms with van der Waals surface area (Å²) in [5.74, 6) is 1.67. The largest absolute Gasteiger partial charge is 0.378 e. The molecule has 0 amide bonds. The van der Waals surface area contributed by atoms with Gasteiger partial charge in [0.05, 0.1) is 5.69 Å². The Morgan fingerprint density at radius 1 is 1.00 bits per heavy atom. The minimum absolute atomic E-state index is 0.779. The zero-order valence-electron chi connectivity index (χ0n) is 12.2. The van der Waals surface area contributed by atoms with Crippen LogP contribution in [0.5, 0.6) is 0 Å². The van der Waals surface area contributed by atoms with Crippen molar-refractivity contribution in [2.24, 2.45) is 0 Å². The van der Waals surface area contributed by atoms with Crippen molar-refractivity contribution in [3.63, 3.8) is 0 Å². The van der Waals surface area contributed by atoms with Crippen LogP contribution in [0.15, 0.2) is 24.3 Å². The van der Waals surface area contributed by atoms with Crippen molar-refractivity contribution < 1.29 is 0 Å². The summed E-state index contributed by atoms with van der Waals surface area (Å²) in [6.45, 7) is 3.96. The Balaban J connectivity index is 2.49. The molecule has 0 fully saturated rings. The highest BCUT2D eigenvalue weighted by molar-refractivity contribution is 5.69. The van der Waals surface area contributed by atoms with Gasteiger partial charge in [0.2, 0.25) is 0 Å². The molecule has 4 nitrogen and oxygen atoms in total. The van der Waals surface area contributed by atoms with Crippen molar-refractivity contribution >= 4 is 11.5 Å². The minimum atomic E-state index is 0.779. The lowest BCUT2D eigenvalue weighted by Gasteiger charge is -2.14. The molecule has 0 atom stereocenters. The van der Waals surface area contributed by atoms with Crippen molar-refractivity contribution in [3.05, 3.63) is 35.7 Å². The molecule has 100 valence electrons. The van der Waals surface area contributed by atoms with Gasteiger partial charge in [-0.1, -0.05) is 12.1 Å². The molecular formula is C15H20N4. The van der Waals surface area contributed by atoms with Gasteiger partial charge in [0.1, 0.15) is 11.6 Å². The number of benzene rings is 1. The van der Waals surface area contributed by atoms with Gasteiger partial charge in [0, 0.05) is 38.0 Å². The van der Waals surface area contributed by atoms with Gasteiger partial charge < -0.3 is 10.2 Å². The summed E-state index contributed by atoms with van der Waals surface area (Å²) in [5, 5.41) is 3.12. The summed E-state index contributed by atoms with van der Waals surface area (Å²) >= 11 is 0. The predicted octanol–water partition coefficient (Wildman–Crippen LogP) is 2.87. The van der Waals surface area contributed by atoms with E-state index in [-0.39, 0.29) is 0 Å². The maximum Gasteiger partial charge on any atom is 0.132 e. The first-order valence-electron chi connectivity index (χ1n) is 6.33. The van der Waals surface area contributed by atoms with Crippen LogP contribution in [0.2, 0.25) is 0 Å². The van der Waals surface area contributed by atoms with Crippen molar-refractivity contribution in [2.45, 2.75) is 13.8 Å². The van der Waals surface area contributed by atoms with Crippen LogP contribution in [0.4, 0.5) is 11.5 Å². The molecule has 0 aliphatic heterocycles. The van der Waals surface area contributed by atoms with Crippen LogP contribution >= 0.6 is 0 Å². The molecule has 0 unspecified atom stereocenters. The van der Waals surface area contributed by atoms with Crippen molar-refractivity contribution in [3.8, 4) is 11.3 Å². The van der Waals surface area contributed by atoms with Crippen molar-refractivity contribution in [1.82, 2.24) is 9.97 Å². The lowest BCUT2D eigenvalue weighted by atomic mass is 10.1. The van der Waals surface area contributed by atoms with E-state index in [9.17, 15) is 0 Å². The molecule has 1 aromatic heterocycles. The summed E-state index contributed by atoms with van der Waals surface area (Å²) in [6, 6.07) is 8.41. The zero-order valence-corrected chi connectivity index (χ0v) is 12.2.